The molecule has 0 saturated carbocycles. The summed E-state index contributed by atoms with van der Waals surface area (Å²) in [5.41, 5.74) is 6.30. The second-order valence-electron chi connectivity index (χ2n) is 7.17. The molecule has 1 aliphatic heterocycles. The number of hydrogen-bond donors (Lipinski definition) is 0. The van der Waals surface area contributed by atoms with Crippen LogP contribution in [0.25, 0.3) is 8.94 Å². The molecule has 1 aliphatic carbocycles. The monoisotopic (exact) mass is 442 g/mol. The van der Waals surface area contributed by atoms with Gasteiger partial charge in [0.15, 0.2) is 0 Å². The van der Waals surface area contributed by atoms with E-state index in [0.717, 1.165) is 0 Å². The van der Waals surface area contributed by atoms with Crippen LogP contribution in [0.15, 0.2) is 120 Å². The summed E-state index contributed by atoms with van der Waals surface area (Å²) in [6.45, 7) is 0. The van der Waals surface area contributed by atoms with E-state index in [1.807, 2.05) is 0 Å². The molecule has 0 aromatic heterocycles. The molecule has 0 radical (unpaired) electrons. The van der Waals surface area contributed by atoms with Crippen LogP contribution in [0.1, 0.15) is 11.1 Å². The Hall–Kier alpha value is -2.93. The molecule has 2 aromatic carbocycles. The first-order valence-electron chi connectivity index (χ1n) is 9.73. The predicted octanol–water partition coefficient (Wildman–Crippen LogP) is 5.48. The first-order chi connectivity index (χ1) is 14.2. The molecule has 0 N–H and O–H groups in total. The zero-order chi connectivity index (χ0) is 20.1. The molecule has 29 heavy (non-hydrogen) atoms. The minimum absolute atomic E-state index is 0.285. The van der Waals surface area contributed by atoms with Crippen LogP contribution in [0, 0.1) is 0 Å². The van der Waals surface area contributed by atoms with E-state index < -0.39 is 0 Å². The molecule has 0 fully saturated rings. The van der Waals surface area contributed by atoms with E-state index in [2.05, 4.69) is 128 Å². The molecule has 0 amide bonds. The van der Waals surface area contributed by atoms with Crippen molar-refractivity contribution in [3.8, 4) is 0 Å². The van der Waals surface area contributed by atoms with Gasteiger partial charge in [0.25, 0.3) is 0 Å². The Labute approximate surface area is 179 Å². The SMILES string of the molecule is C[N+](C)=C1C=CC(=CC=C2C=C(c3ccccc3)[Se]C(c3ccccc3)=C2)C=C1. The molecular formula is C27H24NSe+. The fourth-order valence-electron chi connectivity index (χ4n) is 3.18. The van der Waals surface area contributed by atoms with E-state index >= 15 is 0 Å². The van der Waals surface area contributed by atoms with Gasteiger partial charge in [-0.3, -0.25) is 0 Å². The summed E-state index contributed by atoms with van der Waals surface area (Å²) < 4.78 is 4.96. The minimum atomic E-state index is 0.285. The average Bonchev–Trinajstić information content (AvgIpc) is 2.79. The zero-order valence-corrected chi connectivity index (χ0v) is 18.5. The maximum absolute atomic E-state index is 2.34. The Morgan fingerprint density at radius 3 is 1.59 bits per heavy atom. The van der Waals surface area contributed by atoms with E-state index in [1.165, 1.54) is 36.9 Å². The van der Waals surface area contributed by atoms with Crippen LogP contribution in [-0.2, 0) is 0 Å². The molecule has 1 heterocycles. The van der Waals surface area contributed by atoms with E-state index in [4.69, 9.17) is 0 Å². The topological polar surface area (TPSA) is 3.01 Å². The normalized spacial score (nSPS) is 15.7. The van der Waals surface area contributed by atoms with Crippen LogP contribution in [0.4, 0.5) is 0 Å². The first kappa shape index (κ1) is 19.4. The number of hydrogen-bond acceptors (Lipinski definition) is 0. The molecule has 2 aliphatic rings. The molecule has 1 nitrogen and oxygen atoms in total. The van der Waals surface area contributed by atoms with Gasteiger partial charge in [-0.1, -0.05) is 0 Å². The van der Waals surface area contributed by atoms with Crippen molar-refractivity contribution in [1.82, 2.24) is 0 Å². The van der Waals surface area contributed by atoms with E-state index in [-0.39, 0.29) is 15.0 Å². The molecule has 2 heteroatoms. The molecule has 142 valence electrons. The molecule has 0 atom stereocenters. The molecule has 0 unspecified atom stereocenters. The van der Waals surface area contributed by atoms with Gasteiger partial charge in [0.05, 0.1) is 0 Å². The van der Waals surface area contributed by atoms with Gasteiger partial charge in [-0.25, -0.2) is 0 Å². The summed E-state index contributed by atoms with van der Waals surface area (Å²) in [6, 6.07) is 21.5. The third kappa shape index (κ3) is 4.92. The molecular weight excluding hydrogens is 417 g/mol. The summed E-state index contributed by atoms with van der Waals surface area (Å²) in [5.74, 6) is 0. The van der Waals surface area contributed by atoms with Gasteiger partial charge >= 0.3 is 180 Å². The average molecular weight is 441 g/mol. The van der Waals surface area contributed by atoms with Crippen LogP contribution < -0.4 is 0 Å². The molecule has 2 aromatic rings. The van der Waals surface area contributed by atoms with Crippen molar-refractivity contribution in [3.63, 3.8) is 0 Å². The third-order valence-corrected chi connectivity index (χ3v) is 7.22. The summed E-state index contributed by atoms with van der Waals surface area (Å²) in [5, 5.41) is 0. The van der Waals surface area contributed by atoms with E-state index in [0.29, 0.717) is 0 Å². The van der Waals surface area contributed by atoms with Crippen LogP contribution in [0.3, 0.4) is 0 Å². The summed E-state index contributed by atoms with van der Waals surface area (Å²) in [6.07, 6.45) is 17.8. The van der Waals surface area contributed by atoms with Crippen LogP contribution in [0.2, 0.25) is 0 Å². The second-order valence-corrected chi connectivity index (χ2v) is 9.44. The van der Waals surface area contributed by atoms with Crippen molar-refractivity contribution < 1.29 is 4.58 Å². The van der Waals surface area contributed by atoms with Gasteiger partial charge in [-0.15, -0.1) is 0 Å². The van der Waals surface area contributed by atoms with Crippen LogP contribution in [0.5, 0.6) is 0 Å². The molecule has 0 bridgehead atoms. The van der Waals surface area contributed by atoms with Gasteiger partial charge in [0, 0.05) is 0 Å². The quantitative estimate of drug-likeness (QED) is 0.439. The predicted molar refractivity (Wildman–Crippen MR) is 126 cm³/mol. The number of benzene rings is 2. The second kappa shape index (κ2) is 9.05. The molecule has 0 spiro atoms. The van der Waals surface area contributed by atoms with Gasteiger partial charge in [0.2, 0.25) is 0 Å². The number of allylic oxidation sites excluding steroid dienone is 10. The maximum atomic E-state index is 2.34. The zero-order valence-electron chi connectivity index (χ0n) is 16.7. The van der Waals surface area contributed by atoms with Gasteiger partial charge < -0.3 is 0 Å². The number of nitrogens with zero attached hydrogens (tertiary/aromatic N) is 1. The van der Waals surface area contributed by atoms with Crippen molar-refractivity contribution in [2.45, 2.75) is 0 Å². The summed E-state index contributed by atoms with van der Waals surface area (Å²) in [7, 11) is 4.13. The van der Waals surface area contributed by atoms with Crippen molar-refractivity contribution in [2.75, 3.05) is 14.1 Å². The van der Waals surface area contributed by atoms with E-state index in [1.54, 1.807) is 0 Å². The molecule has 4 rings (SSSR count). The van der Waals surface area contributed by atoms with Crippen LogP contribution in [-0.4, -0.2) is 39.3 Å². The standard InChI is InChI=1S/C27H24NSe/c1-28(2)25-17-15-21(16-18-25)13-14-22-19-26(23-9-5-3-6-10-23)29-27(20-22)24-11-7-4-8-12-24/h3-20H,1-2H3/q+1. The fourth-order valence-corrected chi connectivity index (χ4v) is 5.56. The Kier molecular flexibility index (Phi) is 6.05. The van der Waals surface area contributed by atoms with Crippen LogP contribution >= 0.6 is 0 Å². The fraction of sp³-hybridized carbons (Fsp3) is 0.0741. The molecule has 0 saturated heterocycles. The van der Waals surface area contributed by atoms with E-state index in [9.17, 15) is 0 Å². The van der Waals surface area contributed by atoms with Crippen molar-refractivity contribution in [3.05, 3.63) is 132 Å². The Bertz CT molecular complexity index is 1030. The summed E-state index contributed by atoms with van der Waals surface area (Å²) in [4.78, 5) is 0. The van der Waals surface area contributed by atoms with Gasteiger partial charge in [0.1, 0.15) is 0 Å². The van der Waals surface area contributed by atoms with Crippen molar-refractivity contribution >= 4 is 29.6 Å². The first-order valence-corrected chi connectivity index (χ1v) is 11.4. The Balaban J connectivity index is 1.69. The number of rotatable bonds is 3. The summed E-state index contributed by atoms with van der Waals surface area (Å²) >= 11 is 0.285. The van der Waals surface area contributed by atoms with Gasteiger partial charge in [-0.2, -0.15) is 0 Å². The Morgan fingerprint density at radius 2 is 1.10 bits per heavy atom. The third-order valence-electron chi connectivity index (χ3n) is 4.81. The van der Waals surface area contributed by atoms with Crippen molar-refractivity contribution in [2.24, 2.45) is 0 Å². The Morgan fingerprint density at radius 1 is 0.621 bits per heavy atom. The van der Waals surface area contributed by atoms with Gasteiger partial charge in [-0.05, 0) is 0 Å². The van der Waals surface area contributed by atoms with Crippen molar-refractivity contribution in [1.29, 1.82) is 0 Å².